The molecule has 1 aromatic heterocycles. The minimum absolute atomic E-state index is 0.0662. The van der Waals surface area contributed by atoms with Crippen LogP contribution in [0.3, 0.4) is 0 Å². The molecule has 4 heteroatoms. The van der Waals surface area contributed by atoms with Gasteiger partial charge in [0.15, 0.2) is 6.61 Å². The van der Waals surface area contributed by atoms with E-state index in [1.54, 1.807) is 6.92 Å². The molecule has 2 aromatic carbocycles. The quantitative estimate of drug-likeness (QED) is 0.690. The van der Waals surface area contributed by atoms with Gasteiger partial charge >= 0.3 is 5.97 Å². The second-order valence-corrected chi connectivity index (χ2v) is 4.85. The van der Waals surface area contributed by atoms with Crippen molar-refractivity contribution in [2.75, 3.05) is 13.2 Å². The molecule has 0 aliphatic rings. The van der Waals surface area contributed by atoms with Gasteiger partial charge in [-0.3, -0.25) is 0 Å². The number of aromatic nitrogens is 1. The standard InChI is InChI=1S/C17H17NO3/c1-3-20-17(19)11-21-12-8-9-14-13-6-4-5-7-15(13)18(2)16(14)10-12/h4-10H,3,11H2,1-2H3. The van der Waals surface area contributed by atoms with E-state index < -0.39 is 0 Å². The molecular formula is C17H17NO3. The number of carbonyl (C=O) groups is 1. The Bertz CT molecular complexity index is 804. The fourth-order valence-corrected chi connectivity index (χ4v) is 2.58. The summed E-state index contributed by atoms with van der Waals surface area (Å²) in [6, 6.07) is 14.1. The first kappa shape index (κ1) is 13.5. The summed E-state index contributed by atoms with van der Waals surface area (Å²) in [4.78, 5) is 11.3. The lowest BCUT2D eigenvalue weighted by molar-refractivity contribution is -0.145. The lowest BCUT2D eigenvalue weighted by Gasteiger charge is -2.06. The van der Waals surface area contributed by atoms with E-state index in [4.69, 9.17) is 9.47 Å². The van der Waals surface area contributed by atoms with Gasteiger partial charge in [0.25, 0.3) is 0 Å². The predicted molar refractivity (Wildman–Crippen MR) is 82.6 cm³/mol. The van der Waals surface area contributed by atoms with Crippen molar-refractivity contribution in [3.05, 3.63) is 42.5 Å². The van der Waals surface area contributed by atoms with Gasteiger partial charge in [0, 0.05) is 29.4 Å². The van der Waals surface area contributed by atoms with Gasteiger partial charge in [0.1, 0.15) is 5.75 Å². The third-order valence-corrected chi connectivity index (χ3v) is 3.55. The van der Waals surface area contributed by atoms with Gasteiger partial charge in [-0.1, -0.05) is 18.2 Å². The molecular weight excluding hydrogens is 266 g/mol. The maximum absolute atomic E-state index is 11.3. The highest BCUT2D eigenvalue weighted by molar-refractivity contribution is 6.08. The van der Waals surface area contributed by atoms with Crippen LogP contribution in [0.25, 0.3) is 21.8 Å². The van der Waals surface area contributed by atoms with Crippen molar-refractivity contribution in [1.29, 1.82) is 0 Å². The Labute approximate surface area is 122 Å². The molecule has 0 atom stereocenters. The summed E-state index contributed by atoms with van der Waals surface area (Å²) < 4.78 is 12.5. The topological polar surface area (TPSA) is 40.5 Å². The lowest BCUT2D eigenvalue weighted by atomic mass is 10.1. The molecule has 0 aliphatic heterocycles. The van der Waals surface area contributed by atoms with Gasteiger partial charge in [-0.15, -0.1) is 0 Å². The van der Waals surface area contributed by atoms with E-state index in [1.165, 1.54) is 16.3 Å². The largest absolute Gasteiger partial charge is 0.482 e. The molecule has 0 aliphatic carbocycles. The van der Waals surface area contributed by atoms with Crippen LogP contribution in [0.4, 0.5) is 0 Å². The molecule has 0 fully saturated rings. The van der Waals surface area contributed by atoms with Crippen molar-refractivity contribution >= 4 is 27.8 Å². The number of carbonyl (C=O) groups excluding carboxylic acids is 1. The maximum Gasteiger partial charge on any atom is 0.344 e. The van der Waals surface area contributed by atoms with Gasteiger partial charge < -0.3 is 14.0 Å². The molecule has 21 heavy (non-hydrogen) atoms. The molecule has 0 amide bonds. The lowest BCUT2D eigenvalue weighted by Crippen LogP contribution is -2.14. The molecule has 0 spiro atoms. The second kappa shape index (κ2) is 5.48. The highest BCUT2D eigenvalue weighted by Gasteiger charge is 2.09. The van der Waals surface area contributed by atoms with E-state index >= 15 is 0 Å². The van der Waals surface area contributed by atoms with Crippen LogP contribution in [0.1, 0.15) is 6.92 Å². The van der Waals surface area contributed by atoms with Gasteiger partial charge in [-0.25, -0.2) is 4.79 Å². The molecule has 0 radical (unpaired) electrons. The Kier molecular flexibility index (Phi) is 3.52. The Morgan fingerprint density at radius 3 is 2.67 bits per heavy atom. The van der Waals surface area contributed by atoms with Crippen molar-refractivity contribution in [2.24, 2.45) is 7.05 Å². The Balaban J connectivity index is 1.95. The molecule has 108 valence electrons. The number of hydrogen-bond donors (Lipinski definition) is 0. The monoisotopic (exact) mass is 283 g/mol. The number of esters is 1. The molecule has 3 aromatic rings. The Morgan fingerprint density at radius 1 is 1.10 bits per heavy atom. The van der Waals surface area contributed by atoms with Crippen molar-refractivity contribution in [3.8, 4) is 5.75 Å². The van der Waals surface area contributed by atoms with Crippen molar-refractivity contribution < 1.29 is 14.3 Å². The summed E-state index contributed by atoms with van der Waals surface area (Å²) >= 11 is 0. The molecule has 3 rings (SSSR count). The van der Waals surface area contributed by atoms with Crippen LogP contribution < -0.4 is 4.74 Å². The summed E-state index contributed by atoms with van der Waals surface area (Å²) in [6.45, 7) is 2.08. The first-order valence-corrected chi connectivity index (χ1v) is 6.96. The third-order valence-electron chi connectivity index (χ3n) is 3.55. The predicted octanol–water partition coefficient (Wildman–Crippen LogP) is 3.27. The molecule has 0 unspecified atom stereocenters. The molecule has 4 nitrogen and oxygen atoms in total. The zero-order chi connectivity index (χ0) is 14.8. The van der Waals surface area contributed by atoms with E-state index in [0.717, 1.165) is 5.52 Å². The van der Waals surface area contributed by atoms with Crippen LogP contribution >= 0.6 is 0 Å². The van der Waals surface area contributed by atoms with E-state index in [2.05, 4.69) is 16.7 Å². The normalized spacial score (nSPS) is 11.0. The number of nitrogens with zero attached hydrogens (tertiary/aromatic N) is 1. The van der Waals surface area contributed by atoms with Crippen LogP contribution in [-0.2, 0) is 16.6 Å². The maximum atomic E-state index is 11.3. The minimum Gasteiger partial charge on any atom is -0.482 e. The smallest absolute Gasteiger partial charge is 0.344 e. The number of para-hydroxylation sites is 1. The zero-order valence-electron chi connectivity index (χ0n) is 12.1. The minimum atomic E-state index is -0.352. The molecule has 1 heterocycles. The first-order valence-electron chi connectivity index (χ1n) is 6.96. The fraction of sp³-hybridized carbons (Fsp3) is 0.235. The van der Waals surface area contributed by atoms with Gasteiger partial charge in [-0.05, 0) is 25.1 Å². The molecule has 0 bridgehead atoms. The highest BCUT2D eigenvalue weighted by Crippen LogP contribution is 2.30. The Hall–Kier alpha value is -2.49. The van der Waals surface area contributed by atoms with Crippen LogP contribution in [0.5, 0.6) is 5.75 Å². The van der Waals surface area contributed by atoms with Crippen molar-refractivity contribution in [1.82, 2.24) is 4.57 Å². The van der Waals surface area contributed by atoms with Crippen LogP contribution in [0, 0.1) is 0 Å². The number of fused-ring (bicyclic) bond motifs is 3. The fourth-order valence-electron chi connectivity index (χ4n) is 2.58. The average molecular weight is 283 g/mol. The van der Waals surface area contributed by atoms with Crippen molar-refractivity contribution in [3.63, 3.8) is 0 Å². The first-order chi connectivity index (χ1) is 10.2. The van der Waals surface area contributed by atoms with Crippen LogP contribution in [0.2, 0.25) is 0 Å². The van der Waals surface area contributed by atoms with E-state index in [-0.39, 0.29) is 12.6 Å². The summed E-state index contributed by atoms with van der Waals surface area (Å²) in [6.07, 6.45) is 0. The number of ether oxygens (including phenoxy) is 2. The highest BCUT2D eigenvalue weighted by atomic mass is 16.6. The second-order valence-electron chi connectivity index (χ2n) is 4.85. The SMILES string of the molecule is CCOC(=O)COc1ccc2c3ccccc3n(C)c2c1. The van der Waals surface area contributed by atoms with Crippen LogP contribution in [0.15, 0.2) is 42.5 Å². The summed E-state index contributed by atoms with van der Waals surface area (Å²) in [7, 11) is 2.03. The summed E-state index contributed by atoms with van der Waals surface area (Å²) in [5.74, 6) is 0.316. The third kappa shape index (κ3) is 2.44. The van der Waals surface area contributed by atoms with E-state index in [9.17, 15) is 4.79 Å². The van der Waals surface area contributed by atoms with Gasteiger partial charge in [0.05, 0.1) is 12.1 Å². The van der Waals surface area contributed by atoms with Crippen molar-refractivity contribution in [2.45, 2.75) is 6.92 Å². The number of benzene rings is 2. The molecule has 0 N–H and O–H groups in total. The van der Waals surface area contributed by atoms with E-state index in [0.29, 0.717) is 12.4 Å². The van der Waals surface area contributed by atoms with E-state index in [1.807, 2.05) is 37.4 Å². The summed E-state index contributed by atoms with van der Waals surface area (Å²) in [5.41, 5.74) is 2.26. The van der Waals surface area contributed by atoms with Gasteiger partial charge in [0.2, 0.25) is 0 Å². The summed E-state index contributed by atoms with van der Waals surface area (Å²) in [5, 5.41) is 2.39. The molecule has 0 saturated carbocycles. The van der Waals surface area contributed by atoms with Gasteiger partial charge in [-0.2, -0.15) is 0 Å². The number of aryl methyl sites for hydroxylation is 1. The van der Waals surface area contributed by atoms with Crippen LogP contribution in [-0.4, -0.2) is 23.8 Å². The average Bonchev–Trinajstić information content (AvgIpc) is 2.79. The molecule has 0 saturated heterocycles. The zero-order valence-corrected chi connectivity index (χ0v) is 12.1. The Morgan fingerprint density at radius 2 is 1.86 bits per heavy atom. The number of hydrogen-bond acceptors (Lipinski definition) is 3. The number of rotatable bonds is 4.